The highest BCUT2D eigenvalue weighted by molar-refractivity contribution is 5.66. The summed E-state index contributed by atoms with van der Waals surface area (Å²) >= 11 is 0. The van der Waals surface area contributed by atoms with Crippen molar-refractivity contribution < 1.29 is 14.3 Å². The molecule has 0 aliphatic carbocycles. The lowest BCUT2D eigenvalue weighted by Crippen LogP contribution is -2.17. The molecular formula is C11H16O3. The van der Waals surface area contributed by atoms with Crippen molar-refractivity contribution in [2.75, 3.05) is 0 Å². The summed E-state index contributed by atoms with van der Waals surface area (Å²) in [4.78, 5) is 10.5. The lowest BCUT2D eigenvalue weighted by Gasteiger charge is -2.20. The monoisotopic (exact) mass is 196 g/mol. The first kappa shape index (κ1) is 10.8. The molecule has 0 aliphatic heterocycles. The van der Waals surface area contributed by atoms with E-state index in [-0.39, 0.29) is 11.8 Å². The van der Waals surface area contributed by atoms with E-state index in [0.717, 1.165) is 11.5 Å². The first-order chi connectivity index (χ1) is 6.42. The molecule has 14 heavy (non-hydrogen) atoms. The number of carboxylic acids is 1. The number of carboxylic acid groups (broad SMARTS) is 1. The summed E-state index contributed by atoms with van der Waals surface area (Å²) < 4.78 is 5.49. The molecule has 78 valence electrons. The Morgan fingerprint density at radius 3 is 2.57 bits per heavy atom. The number of hydrogen-bond donors (Lipinski definition) is 1. The van der Waals surface area contributed by atoms with Crippen LogP contribution < -0.4 is 0 Å². The zero-order valence-electron chi connectivity index (χ0n) is 8.83. The SMILES string of the molecule is Cc1ccc(C(C)(C)CCC(=O)O)o1. The molecule has 0 atom stereocenters. The molecule has 0 fully saturated rings. The van der Waals surface area contributed by atoms with Crippen LogP contribution in [0.4, 0.5) is 0 Å². The van der Waals surface area contributed by atoms with Gasteiger partial charge in [-0.25, -0.2) is 0 Å². The maximum Gasteiger partial charge on any atom is 0.303 e. The highest BCUT2D eigenvalue weighted by atomic mass is 16.4. The molecule has 0 aromatic carbocycles. The van der Waals surface area contributed by atoms with Crippen LogP contribution >= 0.6 is 0 Å². The van der Waals surface area contributed by atoms with Crippen molar-refractivity contribution in [1.82, 2.24) is 0 Å². The van der Waals surface area contributed by atoms with Gasteiger partial charge in [-0.15, -0.1) is 0 Å². The van der Waals surface area contributed by atoms with Gasteiger partial charge in [0.25, 0.3) is 0 Å². The van der Waals surface area contributed by atoms with E-state index in [1.807, 2.05) is 32.9 Å². The van der Waals surface area contributed by atoms with E-state index in [2.05, 4.69) is 0 Å². The topological polar surface area (TPSA) is 50.4 Å². The molecule has 1 rings (SSSR count). The van der Waals surface area contributed by atoms with E-state index in [1.165, 1.54) is 0 Å². The summed E-state index contributed by atoms with van der Waals surface area (Å²) in [6, 6.07) is 3.81. The van der Waals surface area contributed by atoms with Gasteiger partial charge in [0.1, 0.15) is 11.5 Å². The van der Waals surface area contributed by atoms with E-state index in [1.54, 1.807) is 0 Å². The average molecular weight is 196 g/mol. The Bertz CT molecular complexity index is 323. The van der Waals surface area contributed by atoms with Crippen molar-refractivity contribution in [2.45, 2.75) is 39.0 Å². The Morgan fingerprint density at radius 2 is 2.14 bits per heavy atom. The summed E-state index contributed by atoms with van der Waals surface area (Å²) in [7, 11) is 0. The fourth-order valence-electron chi connectivity index (χ4n) is 1.34. The van der Waals surface area contributed by atoms with Crippen molar-refractivity contribution in [2.24, 2.45) is 0 Å². The normalized spacial score (nSPS) is 11.6. The van der Waals surface area contributed by atoms with Crippen LogP contribution in [0.1, 0.15) is 38.2 Å². The lowest BCUT2D eigenvalue weighted by molar-refractivity contribution is -0.137. The molecule has 0 spiro atoms. The molecule has 0 amide bonds. The number of furan rings is 1. The second kappa shape index (κ2) is 3.86. The Morgan fingerprint density at radius 1 is 1.50 bits per heavy atom. The van der Waals surface area contributed by atoms with Crippen LogP contribution in [-0.4, -0.2) is 11.1 Å². The van der Waals surface area contributed by atoms with Crippen molar-refractivity contribution in [1.29, 1.82) is 0 Å². The van der Waals surface area contributed by atoms with Crippen LogP contribution in [0.3, 0.4) is 0 Å². The van der Waals surface area contributed by atoms with Gasteiger partial charge in [-0.05, 0) is 25.5 Å². The smallest absolute Gasteiger partial charge is 0.303 e. The molecule has 1 N–H and O–H groups in total. The van der Waals surface area contributed by atoms with Crippen LogP contribution in [0.5, 0.6) is 0 Å². The summed E-state index contributed by atoms with van der Waals surface area (Å²) in [6.07, 6.45) is 0.766. The van der Waals surface area contributed by atoms with E-state index in [4.69, 9.17) is 9.52 Å². The van der Waals surface area contributed by atoms with Crippen molar-refractivity contribution in [3.63, 3.8) is 0 Å². The molecule has 1 aromatic heterocycles. The molecule has 0 radical (unpaired) electrons. The summed E-state index contributed by atoms with van der Waals surface area (Å²) in [5.74, 6) is 0.959. The van der Waals surface area contributed by atoms with Gasteiger partial charge in [0.2, 0.25) is 0 Å². The molecule has 0 unspecified atom stereocenters. The van der Waals surface area contributed by atoms with Gasteiger partial charge in [-0.1, -0.05) is 13.8 Å². The van der Waals surface area contributed by atoms with E-state index in [9.17, 15) is 4.79 Å². The van der Waals surface area contributed by atoms with Gasteiger partial charge in [-0.3, -0.25) is 4.79 Å². The molecular weight excluding hydrogens is 180 g/mol. The Kier molecular flexibility index (Phi) is 2.99. The predicted octanol–water partition coefficient (Wildman–Crippen LogP) is 2.73. The number of aliphatic carboxylic acids is 1. The fourth-order valence-corrected chi connectivity index (χ4v) is 1.34. The van der Waals surface area contributed by atoms with Gasteiger partial charge in [0, 0.05) is 11.8 Å². The quantitative estimate of drug-likeness (QED) is 0.805. The van der Waals surface area contributed by atoms with Gasteiger partial charge in [0.15, 0.2) is 0 Å². The third kappa shape index (κ3) is 2.62. The average Bonchev–Trinajstić information content (AvgIpc) is 2.49. The highest BCUT2D eigenvalue weighted by Gasteiger charge is 2.24. The molecule has 0 aliphatic rings. The summed E-state index contributed by atoms with van der Waals surface area (Å²) in [5.41, 5.74) is -0.202. The molecule has 3 heteroatoms. The third-order valence-corrected chi connectivity index (χ3v) is 2.37. The van der Waals surface area contributed by atoms with Crippen LogP contribution in [0.25, 0.3) is 0 Å². The number of rotatable bonds is 4. The molecule has 0 saturated heterocycles. The number of hydrogen-bond acceptors (Lipinski definition) is 2. The molecule has 0 bridgehead atoms. The Labute approximate surface area is 83.7 Å². The van der Waals surface area contributed by atoms with Gasteiger partial charge in [0.05, 0.1) is 0 Å². The summed E-state index contributed by atoms with van der Waals surface area (Å²) in [5, 5.41) is 8.60. The predicted molar refractivity (Wildman–Crippen MR) is 53.3 cm³/mol. The van der Waals surface area contributed by atoms with E-state index < -0.39 is 5.97 Å². The van der Waals surface area contributed by atoms with E-state index in [0.29, 0.717) is 6.42 Å². The van der Waals surface area contributed by atoms with Crippen molar-refractivity contribution in [3.05, 3.63) is 23.7 Å². The maximum absolute atomic E-state index is 10.5. The lowest BCUT2D eigenvalue weighted by atomic mass is 9.85. The van der Waals surface area contributed by atoms with Crippen LogP contribution in [-0.2, 0) is 10.2 Å². The standard InChI is InChI=1S/C11H16O3/c1-8-4-5-9(14-8)11(2,3)7-6-10(12)13/h4-5H,6-7H2,1-3H3,(H,12,13). The van der Waals surface area contributed by atoms with Crippen LogP contribution in [0.15, 0.2) is 16.5 Å². The Hall–Kier alpha value is -1.25. The number of carbonyl (C=O) groups is 1. The van der Waals surface area contributed by atoms with Gasteiger partial charge in [-0.2, -0.15) is 0 Å². The molecule has 0 saturated carbocycles. The minimum atomic E-state index is -0.763. The van der Waals surface area contributed by atoms with Gasteiger partial charge >= 0.3 is 5.97 Å². The molecule has 3 nitrogen and oxygen atoms in total. The van der Waals surface area contributed by atoms with Crippen LogP contribution in [0, 0.1) is 6.92 Å². The van der Waals surface area contributed by atoms with Gasteiger partial charge < -0.3 is 9.52 Å². The molecule has 1 heterocycles. The maximum atomic E-state index is 10.5. The Balaban J connectivity index is 2.69. The largest absolute Gasteiger partial charge is 0.481 e. The first-order valence-electron chi connectivity index (χ1n) is 4.70. The third-order valence-electron chi connectivity index (χ3n) is 2.37. The minimum Gasteiger partial charge on any atom is -0.481 e. The summed E-state index contributed by atoms with van der Waals surface area (Å²) in [6.45, 7) is 5.87. The second-order valence-electron chi connectivity index (χ2n) is 4.19. The second-order valence-corrected chi connectivity index (χ2v) is 4.19. The highest BCUT2D eigenvalue weighted by Crippen LogP contribution is 2.29. The van der Waals surface area contributed by atoms with E-state index >= 15 is 0 Å². The van der Waals surface area contributed by atoms with Crippen molar-refractivity contribution >= 4 is 5.97 Å². The zero-order valence-corrected chi connectivity index (χ0v) is 8.83. The molecule has 1 aromatic rings. The van der Waals surface area contributed by atoms with Crippen LogP contribution in [0.2, 0.25) is 0 Å². The first-order valence-corrected chi connectivity index (χ1v) is 4.70. The fraction of sp³-hybridized carbons (Fsp3) is 0.545. The number of aryl methyl sites for hydroxylation is 1. The van der Waals surface area contributed by atoms with Crippen molar-refractivity contribution in [3.8, 4) is 0 Å². The minimum absolute atomic E-state index is 0.173. The zero-order chi connectivity index (χ0) is 10.8.